The molecule has 1 unspecified atom stereocenters. The summed E-state index contributed by atoms with van der Waals surface area (Å²) < 4.78 is 0. The van der Waals surface area contributed by atoms with Gasteiger partial charge in [0.05, 0.1) is 11.3 Å². The number of anilines is 1. The molecule has 0 saturated heterocycles. The number of benzene rings is 1. The summed E-state index contributed by atoms with van der Waals surface area (Å²) in [5, 5.41) is 11.9. The highest BCUT2D eigenvalue weighted by Gasteiger charge is 2.33. The van der Waals surface area contributed by atoms with Crippen molar-refractivity contribution in [1.82, 2.24) is 4.90 Å². The molecule has 5 heteroatoms. The van der Waals surface area contributed by atoms with Gasteiger partial charge in [-0.15, -0.1) is 0 Å². The average Bonchev–Trinajstić information content (AvgIpc) is 2.28. The Labute approximate surface area is 98.4 Å². The van der Waals surface area contributed by atoms with Gasteiger partial charge in [-0.25, -0.2) is 4.79 Å². The zero-order chi connectivity index (χ0) is 12.6. The largest absolute Gasteiger partial charge is 0.480 e. The Balaban J connectivity index is 2.43. The van der Waals surface area contributed by atoms with E-state index < -0.39 is 12.0 Å². The SMILES string of the molecule is C=C1Nc2ccccc2C(=O)N1C(C)C(=O)O. The standard InChI is InChI=1S/C12H12N2O3/c1-7(12(16)17)14-8(2)13-10-6-4-3-5-9(10)11(14)15/h3-7,13H,2H2,1H3,(H,16,17). The van der Waals surface area contributed by atoms with Crippen molar-refractivity contribution in [3.05, 3.63) is 42.2 Å². The van der Waals surface area contributed by atoms with E-state index in [4.69, 9.17) is 5.11 Å². The number of para-hydroxylation sites is 1. The van der Waals surface area contributed by atoms with Gasteiger partial charge < -0.3 is 10.4 Å². The normalized spacial score (nSPS) is 16.2. The number of aliphatic carboxylic acids is 1. The summed E-state index contributed by atoms with van der Waals surface area (Å²) >= 11 is 0. The van der Waals surface area contributed by atoms with Crippen LogP contribution in [0.3, 0.4) is 0 Å². The van der Waals surface area contributed by atoms with Crippen molar-refractivity contribution < 1.29 is 14.7 Å². The summed E-state index contributed by atoms with van der Waals surface area (Å²) in [5.41, 5.74) is 1.10. The lowest BCUT2D eigenvalue weighted by Crippen LogP contribution is -2.46. The van der Waals surface area contributed by atoms with Crippen molar-refractivity contribution in [1.29, 1.82) is 0 Å². The fourth-order valence-electron chi connectivity index (χ4n) is 1.77. The van der Waals surface area contributed by atoms with Crippen molar-refractivity contribution in [2.45, 2.75) is 13.0 Å². The quantitative estimate of drug-likeness (QED) is 0.810. The van der Waals surface area contributed by atoms with Crippen molar-refractivity contribution in [3.63, 3.8) is 0 Å². The fourth-order valence-corrected chi connectivity index (χ4v) is 1.77. The summed E-state index contributed by atoms with van der Waals surface area (Å²) in [6.07, 6.45) is 0. The number of carboxylic acids is 1. The lowest BCUT2D eigenvalue weighted by Gasteiger charge is -2.33. The van der Waals surface area contributed by atoms with Crippen LogP contribution >= 0.6 is 0 Å². The summed E-state index contributed by atoms with van der Waals surface area (Å²) in [4.78, 5) is 24.2. The molecule has 0 fully saturated rings. The number of amides is 1. The predicted molar refractivity (Wildman–Crippen MR) is 62.5 cm³/mol. The molecular formula is C12H12N2O3. The number of carboxylic acid groups (broad SMARTS) is 1. The van der Waals surface area contributed by atoms with E-state index in [1.54, 1.807) is 24.3 Å². The number of fused-ring (bicyclic) bond motifs is 1. The van der Waals surface area contributed by atoms with Gasteiger partial charge in [0.15, 0.2) is 0 Å². The molecule has 0 bridgehead atoms. The number of hydrogen-bond acceptors (Lipinski definition) is 3. The van der Waals surface area contributed by atoms with Crippen molar-refractivity contribution in [2.75, 3.05) is 5.32 Å². The van der Waals surface area contributed by atoms with Gasteiger partial charge in [-0.05, 0) is 19.1 Å². The third kappa shape index (κ3) is 1.75. The highest BCUT2D eigenvalue weighted by molar-refractivity contribution is 6.04. The van der Waals surface area contributed by atoms with E-state index in [2.05, 4.69) is 11.9 Å². The van der Waals surface area contributed by atoms with Crippen LogP contribution in [0.25, 0.3) is 0 Å². The van der Waals surface area contributed by atoms with Crippen LogP contribution in [-0.4, -0.2) is 27.9 Å². The van der Waals surface area contributed by atoms with Crippen LogP contribution in [0, 0.1) is 0 Å². The molecule has 1 aliphatic rings. The minimum absolute atomic E-state index is 0.281. The predicted octanol–water partition coefficient (Wildman–Crippen LogP) is 1.50. The van der Waals surface area contributed by atoms with Gasteiger partial charge in [-0.1, -0.05) is 18.7 Å². The van der Waals surface area contributed by atoms with Crippen LogP contribution in [0.1, 0.15) is 17.3 Å². The summed E-state index contributed by atoms with van der Waals surface area (Å²) in [6.45, 7) is 5.12. The first kappa shape index (κ1) is 11.2. The summed E-state index contributed by atoms with van der Waals surface area (Å²) in [5.74, 6) is -1.14. The maximum atomic E-state index is 12.1. The molecule has 1 amide bonds. The topological polar surface area (TPSA) is 69.6 Å². The molecule has 2 N–H and O–H groups in total. The Morgan fingerprint density at radius 2 is 2.12 bits per heavy atom. The van der Waals surface area contributed by atoms with Crippen LogP contribution in [0.2, 0.25) is 0 Å². The molecule has 0 spiro atoms. The van der Waals surface area contributed by atoms with Crippen LogP contribution in [0.4, 0.5) is 5.69 Å². The third-order valence-electron chi connectivity index (χ3n) is 2.69. The Bertz CT molecular complexity index is 510. The highest BCUT2D eigenvalue weighted by atomic mass is 16.4. The average molecular weight is 232 g/mol. The Hall–Kier alpha value is -2.30. The van der Waals surface area contributed by atoms with Crippen molar-refractivity contribution >= 4 is 17.6 Å². The maximum Gasteiger partial charge on any atom is 0.326 e. The molecule has 1 atom stereocenters. The second-order valence-corrected chi connectivity index (χ2v) is 3.81. The van der Waals surface area contributed by atoms with E-state index in [9.17, 15) is 9.59 Å². The summed E-state index contributed by atoms with van der Waals surface area (Å²) in [7, 11) is 0. The molecule has 5 nitrogen and oxygen atoms in total. The molecule has 88 valence electrons. The number of hydrogen-bond donors (Lipinski definition) is 2. The number of rotatable bonds is 2. The lowest BCUT2D eigenvalue weighted by molar-refractivity contribution is -0.141. The molecule has 1 heterocycles. The molecule has 1 aromatic carbocycles. The molecule has 17 heavy (non-hydrogen) atoms. The number of nitrogens with one attached hydrogen (secondary N) is 1. The Kier molecular flexibility index (Phi) is 2.59. The van der Waals surface area contributed by atoms with E-state index in [-0.39, 0.29) is 11.7 Å². The van der Waals surface area contributed by atoms with Gasteiger partial charge in [0.2, 0.25) is 0 Å². The van der Waals surface area contributed by atoms with E-state index in [1.165, 1.54) is 6.92 Å². The van der Waals surface area contributed by atoms with Crippen LogP contribution in [0.15, 0.2) is 36.7 Å². The first-order valence-electron chi connectivity index (χ1n) is 5.13. The Morgan fingerprint density at radius 3 is 2.76 bits per heavy atom. The lowest BCUT2D eigenvalue weighted by atomic mass is 10.1. The van der Waals surface area contributed by atoms with Crippen LogP contribution in [-0.2, 0) is 4.79 Å². The first-order chi connectivity index (χ1) is 8.02. The van der Waals surface area contributed by atoms with Gasteiger partial charge >= 0.3 is 5.97 Å². The zero-order valence-electron chi connectivity index (χ0n) is 9.30. The fraction of sp³-hybridized carbons (Fsp3) is 0.167. The molecule has 2 rings (SSSR count). The smallest absolute Gasteiger partial charge is 0.326 e. The molecule has 0 aliphatic carbocycles. The zero-order valence-corrected chi connectivity index (χ0v) is 9.30. The molecule has 0 saturated carbocycles. The molecule has 0 aromatic heterocycles. The highest BCUT2D eigenvalue weighted by Crippen LogP contribution is 2.27. The van der Waals surface area contributed by atoms with Gasteiger partial charge in [0.25, 0.3) is 5.91 Å². The minimum atomic E-state index is -1.07. The summed E-state index contributed by atoms with van der Waals surface area (Å²) in [6, 6.07) is 5.98. The van der Waals surface area contributed by atoms with Gasteiger partial charge in [-0.3, -0.25) is 9.69 Å². The molecular weight excluding hydrogens is 220 g/mol. The first-order valence-corrected chi connectivity index (χ1v) is 5.13. The van der Waals surface area contributed by atoms with Crippen LogP contribution < -0.4 is 5.32 Å². The number of carbonyl (C=O) groups excluding carboxylic acids is 1. The van der Waals surface area contributed by atoms with Gasteiger partial charge in [0.1, 0.15) is 11.9 Å². The third-order valence-corrected chi connectivity index (χ3v) is 2.69. The second kappa shape index (κ2) is 3.93. The van der Waals surface area contributed by atoms with E-state index in [1.807, 2.05) is 0 Å². The van der Waals surface area contributed by atoms with E-state index in [0.717, 1.165) is 4.90 Å². The Morgan fingerprint density at radius 1 is 1.47 bits per heavy atom. The van der Waals surface area contributed by atoms with Gasteiger partial charge in [0, 0.05) is 0 Å². The minimum Gasteiger partial charge on any atom is -0.480 e. The molecule has 0 radical (unpaired) electrons. The van der Waals surface area contributed by atoms with Crippen LogP contribution in [0.5, 0.6) is 0 Å². The second-order valence-electron chi connectivity index (χ2n) is 3.81. The number of carbonyl (C=O) groups is 2. The molecule has 1 aromatic rings. The maximum absolute atomic E-state index is 12.1. The van der Waals surface area contributed by atoms with Gasteiger partial charge in [-0.2, -0.15) is 0 Å². The van der Waals surface area contributed by atoms with E-state index >= 15 is 0 Å². The molecule has 1 aliphatic heterocycles. The van der Waals surface area contributed by atoms with Crippen molar-refractivity contribution in [2.24, 2.45) is 0 Å². The monoisotopic (exact) mass is 232 g/mol. The van der Waals surface area contributed by atoms with Crippen molar-refractivity contribution in [3.8, 4) is 0 Å². The number of nitrogens with zero attached hydrogens (tertiary/aromatic N) is 1. The van der Waals surface area contributed by atoms with E-state index in [0.29, 0.717) is 11.3 Å².